The molecule has 5 nitrogen and oxygen atoms in total. The van der Waals surface area contributed by atoms with Gasteiger partial charge in [-0.3, -0.25) is 5.10 Å². The summed E-state index contributed by atoms with van der Waals surface area (Å²) in [6, 6.07) is 7.67. The molecule has 0 unspecified atom stereocenters. The van der Waals surface area contributed by atoms with Crippen molar-refractivity contribution < 1.29 is 4.74 Å². The van der Waals surface area contributed by atoms with Gasteiger partial charge in [-0.2, -0.15) is 14.9 Å². The van der Waals surface area contributed by atoms with Gasteiger partial charge in [0.15, 0.2) is 5.82 Å². The maximum Gasteiger partial charge on any atom is 0.216 e. The topological polar surface area (TPSA) is 55.2 Å². The van der Waals surface area contributed by atoms with Gasteiger partial charge in [-0.25, -0.2) is 0 Å². The van der Waals surface area contributed by atoms with E-state index in [2.05, 4.69) is 22.2 Å². The highest BCUT2D eigenvalue weighted by Crippen LogP contribution is 2.11. The molecule has 0 aliphatic carbocycles. The Labute approximate surface area is 116 Å². The first-order chi connectivity index (χ1) is 9.24. The molecule has 0 saturated carbocycles. The summed E-state index contributed by atoms with van der Waals surface area (Å²) < 4.78 is 7.32. The van der Waals surface area contributed by atoms with E-state index in [1.54, 1.807) is 18.0 Å². The van der Waals surface area contributed by atoms with E-state index in [0.717, 1.165) is 30.0 Å². The van der Waals surface area contributed by atoms with Gasteiger partial charge in [0.05, 0.1) is 13.3 Å². The van der Waals surface area contributed by atoms with Crippen LogP contribution in [0.2, 0.25) is 0 Å². The number of ether oxygens (including phenoxy) is 1. The quantitative estimate of drug-likeness (QED) is 0.675. The van der Waals surface area contributed by atoms with Crippen molar-refractivity contribution in [2.24, 2.45) is 5.10 Å². The summed E-state index contributed by atoms with van der Waals surface area (Å²) in [5, 5.41) is 11.3. The zero-order valence-electron chi connectivity index (χ0n) is 11.0. The van der Waals surface area contributed by atoms with Crippen molar-refractivity contribution in [2.75, 3.05) is 7.11 Å². The van der Waals surface area contributed by atoms with Crippen LogP contribution >= 0.6 is 12.2 Å². The maximum absolute atomic E-state index is 5.17. The number of rotatable bonds is 5. The van der Waals surface area contributed by atoms with Crippen LogP contribution in [-0.4, -0.2) is 28.2 Å². The predicted molar refractivity (Wildman–Crippen MR) is 77.4 cm³/mol. The third-order valence-electron chi connectivity index (χ3n) is 2.61. The second-order valence-corrected chi connectivity index (χ2v) is 4.41. The number of aromatic nitrogens is 3. The van der Waals surface area contributed by atoms with Crippen LogP contribution in [0.25, 0.3) is 0 Å². The lowest BCUT2D eigenvalue weighted by atomic mass is 10.2. The molecule has 0 amide bonds. The van der Waals surface area contributed by atoms with E-state index in [-0.39, 0.29) is 0 Å². The van der Waals surface area contributed by atoms with E-state index in [9.17, 15) is 0 Å². The van der Waals surface area contributed by atoms with E-state index in [1.807, 2.05) is 24.3 Å². The smallest absolute Gasteiger partial charge is 0.216 e. The van der Waals surface area contributed by atoms with Crippen LogP contribution < -0.4 is 4.74 Å². The number of methoxy groups -OCH3 is 1. The number of nitrogens with one attached hydrogen (secondary N) is 1. The fourth-order valence-electron chi connectivity index (χ4n) is 1.68. The van der Waals surface area contributed by atoms with Crippen molar-refractivity contribution in [3.05, 3.63) is 40.4 Å². The van der Waals surface area contributed by atoms with E-state index in [0.29, 0.717) is 4.77 Å². The van der Waals surface area contributed by atoms with Gasteiger partial charge in [-0.05, 0) is 36.3 Å². The first kappa shape index (κ1) is 13.5. The van der Waals surface area contributed by atoms with Crippen LogP contribution in [0.5, 0.6) is 5.75 Å². The molecule has 2 rings (SSSR count). The van der Waals surface area contributed by atoms with Gasteiger partial charge in [0, 0.05) is 6.42 Å². The number of hydrogen-bond acceptors (Lipinski definition) is 4. The second kappa shape index (κ2) is 6.29. The van der Waals surface area contributed by atoms with Crippen LogP contribution in [0.4, 0.5) is 0 Å². The number of aryl methyl sites for hydroxylation is 1. The average Bonchev–Trinajstić information content (AvgIpc) is 2.78. The summed E-state index contributed by atoms with van der Waals surface area (Å²) >= 11 is 5.16. The van der Waals surface area contributed by atoms with E-state index >= 15 is 0 Å². The van der Waals surface area contributed by atoms with Gasteiger partial charge < -0.3 is 4.74 Å². The summed E-state index contributed by atoms with van der Waals surface area (Å²) in [7, 11) is 1.64. The van der Waals surface area contributed by atoms with Crippen molar-refractivity contribution in [3.63, 3.8) is 0 Å². The summed E-state index contributed by atoms with van der Waals surface area (Å²) in [6.45, 7) is 2.09. The van der Waals surface area contributed by atoms with Gasteiger partial charge in [0.25, 0.3) is 0 Å². The van der Waals surface area contributed by atoms with Crippen LogP contribution in [0.15, 0.2) is 29.4 Å². The molecule has 0 spiro atoms. The summed E-state index contributed by atoms with van der Waals surface area (Å²) in [5.74, 6) is 1.64. The van der Waals surface area contributed by atoms with Crippen LogP contribution in [0, 0.1) is 4.77 Å². The molecule has 0 aliphatic heterocycles. The molecule has 100 valence electrons. The molecule has 1 N–H and O–H groups in total. The number of hydrogen-bond donors (Lipinski definition) is 1. The first-order valence-corrected chi connectivity index (χ1v) is 6.50. The summed E-state index contributed by atoms with van der Waals surface area (Å²) in [4.78, 5) is 0. The Morgan fingerprint density at radius 3 is 3.11 bits per heavy atom. The molecule has 1 heterocycles. The first-order valence-electron chi connectivity index (χ1n) is 6.09. The molecule has 0 bridgehead atoms. The molecule has 0 aliphatic rings. The molecule has 2 aromatic rings. The molecule has 6 heteroatoms. The van der Waals surface area contributed by atoms with Gasteiger partial charge in [-0.1, -0.05) is 19.1 Å². The minimum absolute atomic E-state index is 0.502. The Morgan fingerprint density at radius 1 is 1.53 bits per heavy atom. The van der Waals surface area contributed by atoms with Gasteiger partial charge in [0.1, 0.15) is 5.75 Å². The number of nitrogens with zero attached hydrogens (tertiary/aromatic N) is 3. The molecule has 1 aromatic carbocycles. The highest BCUT2D eigenvalue weighted by molar-refractivity contribution is 7.71. The number of H-pyrrole nitrogens is 1. The Bertz CT molecular complexity index is 630. The summed E-state index contributed by atoms with van der Waals surface area (Å²) in [6.07, 6.45) is 3.57. The van der Waals surface area contributed by atoms with Gasteiger partial charge in [0.2, 0.25) is 4.77 Å². The average molecular weight is 276 g/mol. The molecular weight excluding hydrogens is 260 g/mol. The van der Waals surface area contributed by atoms with E-state index < -0.39 is 0 Å². The van der Waals surface area contributed by atoms with E-state index in [1.165, 1.54) is 0 Å². The van der Waals surface area contributed by atoms with Gasteiger partial charge in [-0.15, -0.1) is 0 Å². The zero-order valence-corrected chi connectivity index (χ0v) is 11.8. The Kier molecular flexibility index (Phi) is 4.46. The van der Waals surface area contributed by atoms with Crippen molar-refractivity contribution in [3.8, 4) is 5.75 Å². The van der Waals surface area contributed by atoms with Crippen molar-refractivity contribution in [1.29, 1.82) is 0 Å². The van der Waals surface area contributed by atoms with Crippen LogP contribution in [-0.2, 0) is 6.42 Å². The fourth-order valence-corrected chi connectivity index (χ4v) is 1.87. The second-order valence-electron chi connectivity index (χ2n) is 4.03. The normalized spacial score (nSPS) is 11.1. The van der Waals surface area contributed by atoms with Crippen molar-refractivity contribution >= 4 is 18.4 Å². The Balaban J connectivity index is 2.26. The molecule has 19 heavy (non-hydrogen) atoms. The largest absolute Gasteiger partial charge is 0.497 e. The molecule has 0 fully saturated rings. The number of benzene rings is 1. The lowest BCUT2D eigenvalue weighted by Crippen LogP contribution is -1.98. The lowest BCUT2D eigenvalue weighted by molar-refractivity contribution is 0.415. The summed E-state index contributed by atoms with van der Waals surface area (Å²) in [5.41, 5.74) is 0.949. The monoisotopic (exact) mass is 276 g/mol. The minimum Gasteiger partial charge on any atom is -0.497 e. The zero-order chi connectivity index (χ0) is 13.7. The maximum atomic E-state index is 5.17. The van der Waals surface area contributed by atoms with Crippen molar-refractivity contribution in [1.82, 2.24) is 14.9 Å². The van der Waals surface area contributed by atoms with Crippen LogP contribution in [0.1, 0.15) is 24.7 Å². The molecule has 0 radical (unpaired) electrons. The molecule has 0 atom stereocenters. The Morgan fingerprint density at radius 2 is 2.37 bits per heavy atom. The SMILES string of the molecule is CCCc1n[nH]c(=S)n1/N=C/c1cccc(OC)c1. The standard InChI is InChI=1S/C13H16N4OS/c1-3-5-12-15-16-13(19)17(12)14-9-10-6-4-7-11(8-10)18-2/h4,6-9H,3,5H2,1-2H3,(H,16,19)/b14-9+. The Hall–Kier alpha value is -1.95. The minimum atomic E-state index is 0.502. The molecule has 0 saturated heterocycles. The molecule has 1 aromatic heterocycles. The highest BCUT2D eigenvalue weighted by Gasteiger charge is 2.02. The van der Waals surface area contributed by atoms with Crippen molar-refractivity contribution in [2.45, 2.75) is 19.8 Å². The lowest BCUT2D eigenvalue weighted by Gasteiger charge is -2.01. The predicted octanol–water partition coefficient (Wildman–Crippen LogP) is 2.78. The van der Waals surface area contributed by atoms with Crippen LogP contribution in [0.3, 0.4) is 0 Å². The van der Waals surface area contributed by atoms with E-state index in [4.69, 9.17) is 17.0 Å². The third kappa shape index (κ3) is 3.29. The highest BCUT2D eigenvalue weighted by atomic mass is 32.1. The number of aromatic amines is 1. The third-order valence-corrected chi connectivity index (χ3v) is 2.87. The van der Waals surface area contributed by atoms with Gasteiger partial charge >= 0.3 is 0 Å². The fraction of sp³-hybridized carbons (Fsp3) is 0.308. The molecular formula is C13H16N4OS.